The Balaban J connectivity index is 2.14. The predicted octanol–water partition coefficient (Wildman–Crippen LogP) is 3.00. The van der Waals surface area contributed by atoms with E-state index in [9.17, 15) is 4.79 Å². The summed E-state index contributed by atoms with van der Waals surface area (Å²) in [6, 6.07) is 13.8. The Morgan fingerprint density at radius 3 is 2.43 bits per heavy atom. The second kappa shape index (κ2) is 7.79. The van der Waals surface area contributed by atoms with Gasteiger partial charge in [0.2, 0.25) is 0 Å². The van der Waals surface area contributed by atoms with Crippen molar-refractivity contribution in [1.82, 2.24) is 10.2 Å². The molecule has 0 saturated heterocycles. The quantitative estimate of drug-likeness (QED) is 0.891. The SMILES string of the molecule is COc1cccc(C)c1C(=O)NCc1ccccc1CN(C)C. The minimum atomic E-state index is -0.111. The summed E-state index contributed by atoms with van der Waals surface area (Å²) in [6.07, 6.45) is 0. The highest BCUT2D eigenvalue weighted by atomic mass is 16.5. The second-order valence-electron chi connectivity index (χ2n) is 5.84. The second-order valence-corrected chi connectivity index (χ2v) is 5.84. The van der Waals surface area contributed by atoms with Crippen LogP contribution in [-0.2, 0) is 13.1 Å². The minimum Gasteiger partial charge on any atom is -0.496 e. The molecule has 1 amide bonds. The van der Waals surface area contributed by atoms with Gasteiger partial charge in [0.25, 0.3) is 5.91 Å². The molecule has 2 rings (SSSR count). The number of amides is 1. The number of methoxy groups -OCH3 is 1. The molecule has 2 aromatic carbocycles. The Kier molecular flexibility index (Phi) is 5.77. The molecule has 0 spiro atoms. The van der Waals surface area contributed by atoms with Gasteiger partial charge in [-0.15, -0.1) is 0 Å². The van der Waals surface area contributed by atoms with Crippen molar-refractivity contribution in [2.75, 3.05) is 21.2 Å². The van der Waals surface area contributed by atoms with Crippen molar-refractivity contribution in [3.63, 3.8) is 0 Å². The van der Waals surface area contributed by atoms with Crippen LogP contribution in [0.3, 0.4) is 0 Å². The molecule has 0 radical (unpaired) electrons. The van der Waals surface area contributed by atoms with E-state index in [1.807, 2.05) is 57.4 Å². The maximum absolute atomic E-state index is 12.6. The summed E-state index contributed by atoms with van der Waals surface area (Å²) in [4.78, 5) is 14.7. The van der Waals surface area contributed by atoms with E-state index in [2.05, 4.69) is 16.3 Å². The third kappa shape index (κ3) is 4.33. The maximum atomic E-state index is 12.6. The maximum Gasteiger partial charge on any atom is 0.255 e. The first-order valence-electron chi connectivity index (χ1n) is 7.66. The van der Waals surface area contributed by atoms with E-state index in [1.54, 1.807) is 7.11 Å². The Bertz CT molecular complexity index is 681. The zero-order valence-corrected chi connectivity index (χ0v) is 14.2. The zero-order chi connectivity index (χ0) is 16.8. The summed E-state index contributed by atoms with van der Waals surface area (Å²) in [5, 5.41) is 3.01. The highest BCUT2D eigenvalue weighted by Crippen LogP contribution is 2.21. The molecule has 0 aliphatic carbocycles. The molecule has 0 aliphatic rings. The molecular weight excluding hydrogens is 288 g/mol. The van der Waals surface area contributed by atoms with Crippen molar-refractivity contribution in [1.29, 1.82) is 0 Å². The average molecular weight is 312 g/mol. The van der Waals surface area contributed by atoms with E-state index < -0.39 is 0 Å². The molecule has 1 N–H and O–H groups in total. The van der Waals surface area contributed by atoms with Gasteiger partial charge >= 0.3 is 0 Å². The van der Waals surface area contributed by atoms with Crippen LogP contribution in [0.25, 0.3) is 0 Å². The number of hydrogen-bond acceptors (Lipinski definition) is 3. The topological polar surface area (TPSA) is 41.6 Å². The molecule has 4 heteroatoms. The van der Waals surface area contributed by atoms with E-state index in [0.717, 1.165) is 17.7 Å². The van der Waals surface area contributed by atoms with Gasteiger partial charge in [0, 0.05) is 13.1 Å². The predicted molar refractivity (Wildman–Crippen MR) is 92.7 cm³/mol. The molecule has 0 atom stereocenters. The van der Waals surface area contributed by atoms with Crippen LogP contribution in [0.15, 0.2) is 42.5 Å². The van der Waals surface area contributed by atoms with Crippen molar-refractivity contribution < 1.29 is 9.53 Å². The highest BCUT2D eigenvalue weighted by Gasteiger charge is 2.15. The Hall–Kier alpha value is -2.33. The number of hydrogen-bond donors (Lipinski definition) is 1. The fraction of sp³-hybridized carbons (Fsp3) is 0.316. The summed E-state index contributed by atoms with van der Waals surface area (Å²) < 4.78 is 5.31. The number of ether oxygens (including phenoxy) is 1. The van der Waals surface area contributed by atoms with Crippen molar-refractivity contribution in [2.24, 2.45) is 0 Å². The first-order valence-corrected chi connectivity index (χ1v) is 7.66. The summed E-state index contributed by atoms with van der Waals surface area (Å²) in [7, 11) is 5.65. The Labute approximate surface area is 138 Å². The number of benzene rings is 2. The van der Waals surface area contributed by atoms with Crippen LogP contribution in [0, 0.1) is 6.92 Å². The van der Waals surface area contributed by atoms with E-state index in [-0.39, 0.29) is 5.91 Å². The average Bonchev–Trinajstić information content (AvgIpc) is 2.53. The first kappa shape index (κ1) is 17.0. The number of rotatable bonds is 6. The molecule has 0 aliphatic heterocycles. The van der Waals surface area contributed by atoms with Gasteiger partial charge in [-0.3, -0.25) is 4.79 Å². The molecule has 0 heterocycles. The molecule has 122 valence electrons. The number of carbonyl (C=O) groups excluding carboxylic acids is 1. The Morgan fingerprint density at radius 2 is 1.78 bits per heavy atom. The monoisotopic (exact) mass is 312 g/mol. The lowest BCUT2D eigenvalue weighted by atomic mass is 10.1. The van der Waals surface area contributed by atoms with Gasteiger partial charge in [-0.2, -0.15) is 0 Å². The summed E-state index contributed by atoms with van der Waals surface area (Å²) in [5.74, 6) is 0.490. The smallest absolute Gasteiger partial charge is 0.255 e. The van der Waals surface area contributed by atoms with E-state index >= 15 is 0 Å². The van der Waals surface area contributed by atoms with E-state index in [1.165, 1.54) is 5.56 Å². The van der Waals surface area contributed by atoms with Gasteiger partial charge in [-0.25, -0.2) is 0 Å². The molecule has 0 saturated carbocycles. The van der Waals surface area contributed by atoms with E-state index in [4.69, 9.17) is 4.74 Å². The molecule has 0 bridgehead atoms. The van der Waals surface area contributed by atoms with Gasteiger partial charge in [0.1, 0.15) is 5.75 Å². The zero-order valence-electron chi connectivity index (χ0n) is 14.2. The van der Waals surface area contributed by atoms with Gasteiger partial charge < -0.3 is 15.0 Å². The lowest BCUT2D eigenvalue weighted by Gasteiger charge is -2.16. The number of carbonyl (C=O) groups is 1. The lowest BCUT2D eigenvalue weighted by molar-refractivity contribution is 0.0947. The standard InChI is InChI=1S/C19H24N2O2/c1-14-8-7-11-17(23-4)18(14)19(22)20-12-15-9-5-6-10-16(15)13-21(2)3/h5-11H,12-13H2,1-4H3,(H,20,22). The van der Waals surface area contributed by atoms with Crippen molar-refractivity contribution >= 4 is 5.91 Å². The summed E-state index contributed by atoms with van der Waals surface area (Å²) >= 11 is 0. The van der Waals surface area contributed by atoms with Crippen LogP contribution >= 0.6 is 0 Å². The normalized spacial score (nSPS) is 10.7. The summed E-state index contributed by atoms with van der Waals surface area (Å²) in [6.45, 7) is 3.26. The first-order chi connectivity index (χ1) is 11.0. The van der Waals surface area contributed by atoms with Crippen LogP contribution in [0.1, 0.15) is 27.0 Å². The fourth-order valence-corrected chi connectivity index (χ4v) is 2.59. The minimum absolute atomic E-state index is 0.111. The van der Waals surface area contributed by atoms with Gasteiger partial charge in [0.05, 0.1) is 12.7 Å². The van der Waals surface area contributed by atoms with Gasteiger partial charge in [-0.1, -0.05) is 36.4 Å². The van der Waals surface area contributed by atoms with Crippen molar-refractivity contribution in [3.8, 4) is 5.75 Å². The van der Waals surface area contributed by atoms with Crippen LogP contribution < -0.4 is 10.1 Å². The van der Waals surface area contributed by atoms with Gasteiger partial charge in [0.15, 0.2) is 0 Å². The Morgan fingerprint density at radius 1 is 1.09 bits per heavy atom. The van der Waals surface area contributed by atoms with Gasteiger partial charge in [-0.05, 0) is 43.8 Å². The molecule has 4 nitrogen and oxygen atoms in total. The lowest BCUT2D eigenvalue weighted by Crippen LogP contribution is -2.25. The molecule has 0 unspecified atom stereocenters. The molecule has 2 aromatic rings. The number of aryl methyl sites for hydroxylation is 1. The number of nitrogens with zero attached hydrogens (tertiary/aromatic N) is 1. The third-order valence-corrected chi connectivity index (χ3v) is 3.73. The molecule has 23 heavy (non-hydrogen) atoms. The highest BCUT2D eigenvalue weighted by molar-refractivity contribution is 5.98. The largest absolute Gasteiger partial charge is 0.496 e. The fourth-order valence-electron chi connectivity index (χ4n) is 2.59. The summed E-state index contributed by atoms with van der Waals surface area (Å²) in [5.41, 5.74) is 3.85. The molecule has 0 aromatic heterocycles. The van der Waals surface area contributed by atoms with Crippen LogP contribution in [0.5, 0.6) is 5.75 Å². The third-order valence-electron chi connectivity index (χ3n) is 3.73. The van der Waals surface area contributed by atoms with Crippen LogP contribution in [0.2, 0.25) is 0 Å². The van der Waals surface area contributed by atoms with E-state index in [0.29, 0.717) is 17.9 Å². The number of nitrogens with one attached hydrogen (secondary N) is 1. The molecule has 0 fully saturated rings. The van der Waals surface area contributed by atoms with Crippen LogP contribution in [-0.4, -0.2) is 32.0 Å². The van der Waals surface area contributed by atoms with Crippen LogP contribution in [0.4, 0.5) is 0 Å². The van der Waals surface area contributed by atoms with Crippen molar-refractivity contribution in [3.05, 3.63) is 64.7 Å². The van der Waals surface area contributed by atoms with Crippen molar-refractivity contribution in [2.45, 2.75) is 20.0 Å². The molecular formula is C19H24N2O2.